The Morgan fingerprint density at radius 1 is 0.917 bits per heavy atom. The van der Waals surface area contributed by atoms with Gasteiger partial charge in [-0.1, -0.05) is 62.2 Å². The van der Waals surface area contributed by atoms with Gasteiger partial charge in [-0.05, 0) is 32.0 Å². The Balaban J connectivity index is 2.29. The standard InChI is InChI=1S/C21H24N2O/c1-14-9-11-17(12-10-14)23-18(16-8-6-7-15(2)13-16)19(24)20(22-23)21(3,4)5/h6-13,24H,1-5H3. The summed E-state index contributed by atoms with van der Waals surface area (Å²) in [7, 11) is 0. The van der Waals surface area contributed by atoms with Gasteiger partial charge in [0, 0.05) is 11.0 Å². The molecule has 0 unspecified atom stereocenters. The van der Waals surface area contributed by atoms with Crippen molar-refractivity contribution in [2.45, 2.75) is 40.0 Å². The van der Waals surface area contributed by atoms with Gasteiger partial charge in [-0.15, -0.1) is 0 Å². The van der Waals surface area contributed by atoms with E-state index >= 15 is 0 Å². The molecule has 0 fully saturated rings. The molecule has 0 atom stereocenters. The summed E-state index contributed by atoms with van der Waals surface area (Å²) < 4.78 is 1.85. The molecule has 1 heterocycles. The van der Waals surface area contributed by atoms with Crippen LogP contribution < -0.4 is 0 Å². The summed E-state index contributed by atoms with van der Waals surface area (Å²) >= 11 is 0. The first kappa shape index (κ1) is 16.3. The molecule has 1 N–H and O–H groups in total. The number of aromatic nitrogens is 2. The number of nitrogens with zero attached hydrogens (tertiary/aromatic N) is 2. The van der Waals surface area contributed by atoms with Gasteiger partial charge < -0.3 is 5.11 Å². The second-order valence-electron chi connectivity index (χ2n) is 7.41. The maximum atomic E-state index is 10.9. The maximum Gasteiger partial charge on any atom is 0.166 e. The van der Waals surface area contributed by atoms with Gasteiger partial charge in [0.15, 0.2) is 5.75 Å². The Morgan fingerprint density at radius 2 is 1.58 bits per heavy atom. The molecule has 3 heteroatoms. The molecule has 0 aliphatic rings. The first-order chi connectivity index (χ1) is 11.3. The average molecular weight is 320 g/mol. The van der Waals surface area contributed by atoms with Gasteiger partial charge >= 0.3 is 0 Å². The molecular formula is C21H24N2O. The Kier molecular flexibility index (Phi) is 3.96. The Labute approximate surface area is 143 Å². The Bertz CT molecular complexity index is 868. The van der Waals surface area contributed by atoms with Crippen LogP contribution >= 0.6 is 0 Å². The highest BCUT2D eigenvalue weighted by molar-refractivity contribution is 5.71. The summed E-state index contributed by atoms with van der Waals surface area (Å²) in [6.07, 6.45) is 0. The number of hydrogen-bond donors (Lipinski definition) is 1. The zero-order valence-corrected chi connectivity index (χ0v) is 15.0. The topological polar surface area (TPSA) is 38.0 Å². The zero-order chi connectivity index (χ0) is 17.5. The molecule has 3 aromatic rings. The van der Waals surface area contributed by atoms with Gasteiger partial charge in [0.25, 0.3) is 0 Å². The van der Waals surface area contributed by atoms with E-state index in [1.54, 1.807) is 0 Å². The number of aromatic hydroxyl groups is 1. The van der Waals surface area contributed by atoms with Gasteiger partial charge in [-0.25, -0.2) is 4.68 Å². The lowest BCUT2D eigenvalue weighted by Crippen LogP contribution is -2.12. The van der Waals surface area contributed by atoms with Crippen LogP contribution in [0.15, 0.2) is 48.5 Å². The van der Waals surface area contributed by atoms with E-state index in [1.807, 2.05) is 28.9 Å². The van der Waals surface area contributed by atoms with Crippen molar-refractivity contribution >= 4 is 0 Å². The number of hydrogen-bond acceptors (Lipinski definition) is 2. The van der Waals surface area contributed by atoms with Crippen molar-refractivity contribution in [2.24, 2.45) is 0 Å². The van der Waals surface area contributed by atoms with Gasteiger partial charge in [-0.2, -0.15) is 5.10 Å². The molecule has 3 nitrogen and oxygen atoms in total. The molecule has 0 aliphatic heterocycles. The smallest absolute Gasteiger partial charge is 0.166 e. The van der Waals surface area contributed by atoms with Crippen molar-refractivity contribution in [3.05, 3.63) is 65.4 Å². The van der Waals surface area contributed by atoms with Gasteiger partial charge in [-0.3, -0.25) is 0 Å². The largest absolute Gasteiger partial charge is 0.504 e. The van der Waals surface area contributed by atoms with E-state index in [0.717, 1.165) is 22.5 Å². The Morgan fingerprint density at radius 3 is 2.17 bits per heavy atom. The SMILES string of the molecule is Cc1ccc(-n2nc(C(C)(C)C)c(O)c2-c2cccc(C)c2)cc1. The van der Waals surface area contributed by atoms with Crippen molar-refractivity contribution in [1.82, 2.24) is 9.78 Å². The van der Waals surface area contributed by atoms with E-state index in [9.17, 15) is 5.11 Å². The molecular weight excluding hydrogens is 296 g/mol. The second-order valence-corrected chi connectivity index (χ2v) is 7.41. The van der Waals surface area contributed by atoms with Crippen molar-refractivity contribution in [3.63, 3.8) is 0 Å². The van der Waals surface area contributed by atoms with E-state index in [2.05, 4.69) is 58.9 Å². The van der Waals surface area contributed by atoms with Crippen LogP contribution in [0.2, 0.25) is 0 Å². The molecule has 1 aromatic heterocycles. The van der Waals surface area contributed by atoms with Crippen molar-refractivity contribution in [2.75, 3.05) is 0 Å². The highest BCUT2D eigenvalue weighted by Gasteiger charge is 2.28. The quantitative estimate of drug-likeness (QED) is 0.708. The van der Waals surface area contributed by atoms with Crippen molar-refractivity contribution in [1.29, 1.82) is 0 Å². The summed E-state index contributed by atoms with van der Waals surface area (Å²) in [6, 6.07) is 16.3. The molecule has 0 spiro atoms. The predicted octanol–water partition coefficient (Wildman–Crippen LogP) is 5.16. The summed E-state index contributed by atoms with van der Waals surface area (Å²) in [5.74, 6) is 0.258. The lowest BCUT2D eigenvalue weighted by Gasteiger charge is -2.15. The minimum Gasteiger partial charge on any atom is -0.504 e. The molecule has 0 bridgehead atoms. The van der Waals surface area contributed by atoms with Crippen LogP contribution in [-0.4, -0.2) is 14.9 Å². The first-order valence-electron chi connectivity index (χ1n) is 8.24. The van der Waals surface area contributed by atoms with E-state index in [-0.39, 0.29) is 11.2 Å². The van der Waals surface area contributed by atoms with Crippen molar-refractivity contribution in [3.8, 4) is 22.7 Å². The summed E-state index contributed by atoms with van der Waals surface area (Å²) in [5.41, 5.74) is 5.48. The van der Waals surface area contributed by atoms with Crippen LogP contribution in [0.25, 0.3) is 16.9 Å². The summed E-state index contributed by atoms with van der Waals surface area (Å²) in [4.78, 5) is 0. The number of benzene rings is 2. The fourth-order valence-electron chi connectivity index (χ4n) is 2.84. The molecule has 0 radical (unpaired) electrons. The second kappa shape index (κ2) is 5.82. The van der Waals surface area contributed by atoms with E-state index in [4.69, 9.17) is 5.10 Å². The van der Waals surface area contributed by atoms with Gasteiger partial charge in [0.05, 0.1) is 5.69 Å². The molecule has 2 aromatic carbocycles. The molecule has 0 amide bonds. The predicted molar refractivity (Wildman–Crippen MR) is 98.8 cm³/mol. The highest BCUT2D eigenvalue weighted by atomic mass is 16.3. The van der Waals surface area contributed by atoms with Crippen LogP contribution in [0.4, 0.5) is 0 Å². The average Bonchev–Trinajstić information content (AvgIpc) is 2.85. The fourth-order valence-corrected chi connectivity index (χ4v) is 2.84. The Hall–Kier alpha value is -2.55. The van der Waals surface area contributed by atoms with Crippen molar-refractivity contribution < 1.29 is 5.11 Å². The van der Waals surface area contributed by atoms with Crippen LogP contribution in [-0.2, 0) is 5.41 Å². The van der Waals surface area contributed by atoms with Crippen LogP contribution in [0, 0.1) is 13.8 Å². The third kappa shape index (κ3) is 2.94. The van der Waals surface area contributed by atoms with Crippen LogP contribution in [0.3, 0.4) is 0 Å². The zero-order valence-electron chi connectivity index (χ0n) is 15.0. The van der Waals surface area contributed by atoms with E-state index < -0.39 is 0 Å². The normalized spacial score (nSPS) is 11.7. The maximum absolute atomic E-state index is 10.9. The summed E-state index contributed by atoms with van der Waals surface area (Å²) in [6.45, 7) is 10.3. The van der Waals surface area contributed by atoms with E-state index in [1.165, 1.54) is 5.56 Å². The lowest BCUT2D eigenvalue weighted by atomic mass is 9.91. The minimum absolute atomic E-state index is 0.237. The number of aryl methyl sites for hydroxylation is 2. The van der Waals surface area contributed by atoms with Crippen LogP contribution in [0.1, 0.15) is 37.6 Å². The molecule has 0 saturated carbocycles. The van der Waals surface area contributed by atoms with Crippen LogP contribution in [0.5, 0.6) is 5.75 Å². The monoisotopic (exact) mass is 320 g/mol. The number of rotatable bonds is 2. The molecule has 24 heavy (non-hydrogen) atoms. The highest BCUT2D eigenvalue weighted by Crippen LogP contribution is 2.39. The summed E-state index contributed by atoms with van der Waals surface area (Å²) in [5, 5.41) is 15.7. The van der Waals surface area contributed by atoms with Gasteiger partial charge in [0.2, 0.25) is 0 Å². The molecule has 3 rings (SSSR count). The molecule has 0 aliphatic carbocycles. The fraction of sp³-hybridized carbons (Fsp3) is 0.286. The van der Waals surface area contributed by atoms with Gasteiger partial charge in [0.1, 0.15) is 11.4 Å². The van der Waals surface area contributed by atoms with E-state index in [0.29, 0.717) is 5.69 Å². The minimum atomic E-state index is -0.237. The third-order valence-electron chi connectivity index (χ3n) is 4.14. The molecule has 0 saturated heterocycles. The lowest BCUT2D eigenvalue weighted by molar-refractivity contribution is 0.445. The third-order valence-corrected chi connectivity index (χ3v) is 4.14. The first-order valence-corrected chi connectivity index (χ1v) is 8.24. The molecule has 124 valence electrons.